The molecule has 0 saturated carbocycles. The van der Waals surface area contributed by atoms with Crippen LogP contribution in [0.3, 0.4) is 0 Å². The van der Waals surface area contributed by atoms with Crippen LogP contribution in [0.25, 0.3) is 0 Å². The van der Waals surface area contributed by atoms with E-state index in [1.54, 1.807) is 0 Å². The number of piperidine rings is 1. The molecule has 0 spiro atoms. The van der Waals surface area contributed by atoms with Crippen LogP contribution in [0, 0.1) is 27.7 Å². The zero-order valence-electron chi connectivity index (χ0n) is 33.5. The maximum atomic E-state index is 13.8. The number of hydrogen-bond acceptors (Lipinski definition) is 5. The van der Waals surface area contributed by atoms with Gasteiger partial charge < -0.3 is 20.2 Å². The number of nitrogens with zero attached hydrogens (tertiary/aromatic N) is 2. The topological polar surface area (TPSA) is 98.7 Å². The molecule has 2 unspecified atom stereocenters. The van der Waals surface area contributed by atoms with Gasteiger partial charge in [-0.2, -0.15) is 12.6 Å². The third-order valence-electron chi connectivity index (χ3n) is 11.3. The molecule has 296 valence electrons. The average Bonchev–Trinajstić information content (AvgIpc) is 3.12. The summed E-state index contributed by atoms with van der Waals surface area (Å²) in [4.78, 5) is 40.8. The lowest BCUT2D eigenvalue weighted by Gasteiger charge is -2.39. The lowest BCUT2D eigenvalue weighted by molar-refractivity contribution is -0.921. The zero-order valence-corrected chi connectivity index (χ0v) is 34.4. The molecule has 2 atom stereocenters. The summed E-state index contributed by atoms with van der Waals surface area (Å²) in [7, 11) is 0. The second-order valence-electron chi connectivity index (χ2n) is 15.8. The Labute approximate surface area is 326 Å². The van der Waals surface area contributed by atoms with Crippen LogP contribution in [-0.4, -0.2) is 83.3 Å². The summed E-state index contributed by atoms with van der Waals surface area (Å²) in [6, 6.07) is 12.2. The number of carbonyl (C=O) groups excluding carboxylic acids is 2. The van der Waals surface area contributed by atoms with E-state index in [9.17, 15) is 19.5 Å². The number of quaternary nitrogens is 1. The SMILES string of the molecule is Cc1cccc(C)c1NC(=O)C[N+](CCCCCCCS)(CCCCCCCN1CCCCC1C(=O)Nc1c(C)cccc1C)CCCCCC(=O)O. The molecule has 0 radical (unpaired) electrons. The molecule has 1 saturated heterocycles. The lowest BCUT2D eigenvalue weighted by atomic mass is 10.00. The first-order valence-corrected chi connectivity index (χ1v) is 21.3. The van der Waals surface area contributed by atoms with E-state index in [4.69, 9.17) is 0 Å². The molecule has 2 aromatic carbocycles. The van der Waals surface area contributed by atoms with Crippen LogP contribution in [0.4, 0.5) is 11.4 Å². The molecule has 9 heteroatoms. The molecule has 1 aliphatic heterocycles. The van der Waals surface area contributed by atoms with Crippen molar-refractivity contribution >= 4 is 41.8 Å². The molecule has 2 aromatic rings. The normalized spacial score (nSPS) is 15.9. The van der Waals surface area contributed by atoms with Gasteiger partial charge in [0.2, 0.25) is 5.91 Å². The van der Waals surface area contributed by atoms with Crippen LogP contribution in [0.1, 0.15) is 131 Å². The summed E-state index contributed by atoms with van der Waals surface area (Å²) < 4.78 is 0.765. The van der Waals surface area contributed by atoms with Gasteiger partial charge in [0, 0.05) is 17.8 Å². The number of likely N-dealkylation sites (tertiary alicyclic amines) is 1. The van der Waals surface area contributed by atoms with E-state index in [1.165, 1.54) is 12.8 Å². The summed E-state index contributed by atoms with van der Waals surface area (Å²) in [5.74, 6) is 0.385. The van der Waals surface area contributed by atoms with Crippen molar-refractivity contribution in [2.45, 2.75) is 143 Å². The molecule has 3 N–H and O–H groups in total. The maximum Gasteiger partial charge on any atom is 0.303 e. The second kappa shape index (κ2) is 24.5. The number of thiol groups is 1. The van der Waals surface area contributed by atoms with Crippen molar-refractivity contribution in [1.29, 1.82) is 0 Å². The minimum absolute atomic E-state index is 0.0660. The predicted octanol–water partition coefficient (Wildman–Crippen LogP) is 9.64. The average molecular weight is 752 g/mol. The summed E-state index contributed by atoms with van der Waals surface area (Å²) in [5.41, 5.74) is 6.23. The van der Waals surface area contributed by atoms with Gasteiger partial charge >= 0.3 is 5.97 Å². The number of amides is 2. The number of aryl methyl sites for hydroxylation is 4. The van der Waals surface area contributed by atoms with Crippen molar-refractivity contribution in [2.24, 2.45) is 0 Å². The van der Waals surface area contributed by atoms with Crippen molar-refractivity contribution < 1.29 is 24.0 Å². The first-order valence-electron chi connectivity index (χ1n) is 20.7. The number of aliphatic carboxylic acids is 1. The summed E-state index contributed by atoms with van der Waals surface area (Å²) in [6.45, 7) is 13.4. The van der Waals surface area contributed by atoms with Gasteiger partial charge in [-0.05, 0) is 139 Å². The van der Waals surface area contributed by atoms with Crippen LogP contribution >= 0.6 is 12.6 Å². The van der Waals surface area contributed by atoms with E-state index in [0.29, 0.717) is 13.0 Å². The molecule has 0 aromatic heterocycles. The number of rotatable bonds is 26. The van der Waals surface area contributed by atoms with E-state index in [1.807, 2.05) is 38.1 Å². The van der Waals surface area contributed by atoms with Gasteiger partial charge in [0.05, 0.1) is 25.7 Å². The summed E-state index contributed by atoms with van der Waals surface area (Å²) >= 11 is 4.38. The molecule has 0 aliphatic carbocycles. The largest absolute Gasteiger partial charge is 0.481 e. The molecular formula is C44H71N4O4S+. The fraction of sp³-hybridized carbons (Fsp3) is 0.659. The maximum absolute atomic E-state index is 13.8. The minimum Gasteiger partial charge on any atom is -0.481 e. The Bertz CT molecular complexity index is 1380. The van der Waals surface area contributed by atoms with Gasteiger partial charge in [0.25, 0.3) is 5.91 Å². The van der Waals surface area contributed by atoms with Crippen LogP contribution in [0.5, 0.6) is 0 Å². The minimum atomic E-state index is -0.739. The number of carbonyl (C=O) groups is 3. The highest BCUT2D eigenvalue weighted by atomic mass is 32.1. The van der Waals surface area contributed by atoms with Gasteiger partial charge in [-0.3, -0.25) is 19.3 Å². The third-order valence-corrected chi connectivity index (χ3v) is 11.6. The highest BCUT2D eigenvalue weighted by Crippen LogP contribution is 2.25. The van der Waals surface area contributed by atoms with E-state index >= 15 is 0 Å². The van der Waals surface area contributed by atoms with Crippen LogP contribution < -0.4 is 10.6 Å². The number of nitrogens with one attached hydrogen (secondary N) is 2. The van der Waals surface area contributed by atoms with Gasteiger partial charge in [-0.1, -0.05) is 68.5 Å². The van der Waals surface area contributed by atoms with Crippen molar-refractivity contribution in [1.82, 2.24) is 4.90 Å². The van der Waals surface area contributed by atoms with Crippen molar-refractivity contribution in [3.05, 3.63) is 58.7 Å². The number of unbranched alkanes of at least 4 members (excludes halogenated alkanes) is 10. The third kappa shape index (κ3) is 16.2. The second-order valence-corrected chi connectivity index (χ2v) is 16.2. The Morgan fingerprint density at radius 2 is 1.19 bits per heavy atom. The van der Waals surface area contributed by atoms with Crippen molar-refractivity contribution in [3.63, 3.8) is 0 Å². The van der Waals surface area contributed by atoms with Gasteiger partial charge in [-0.25, -0.2) is 0 Å². The first-order chi connectivity index (χ1) is 25.5. The molecular weight excluding hydrogens is 681 g/mol. The fourth-order valence-electron chi connectivity index (χ4n) is 8.12. The Kier molecular flexibility index (Phi) is 20.6. The number of benzene rings is 2. The molecule has 1 aliphatic rings. The Hall–Kier alpha value is -2.88. The molecule has 3 rings (SSSR count). The van der Waals surface area contributed by atoms with Crippen LogP contribution in [0.2, 0.25) is 0 Å². The molecule has 1 fully saturated rings. The highest BCUT2D eigenvalue weighted by molar-refractivity contribution is 7.80. The monoisotopic (exact) mass is 752 g/mol. The number of hydrogen-bond donors (Lipinski definition) is 4. The van der Waals surface area contributed by atoms with E-state index in [-0.39, 0.29) is 24.3 Å². The van der Waals surface area contributed by atoms with E-state index in [0.717, 1.165) is 160 Å². The van der Waals surface area contributed by atoms with Crippen LogP contribution in [-0.2, 0) is 14.4 Å². The first kappa shape index (κ1) is 44.5. The molecule has 1 heterocycles. The smallest absolute Gasteiger partial charge is 0.303 e. The Morgan fingerprint density at radius 1 is 0.698 bits per heavy atom. The molecule has 2 amide bonds. The van der Waals surface area contributed by atoms with E-state index in [2.05, 4.69) is 54.1 Å². The van der Waals surface area contributed by atoms with Gasteiger partial charge in [0.1, 0.15) is 0 Å². The predicted molar refractivity (Wildman–Crippen MR) is 224 cm³/mol. The van der Waals surface area contributed by atoms with Crippen molar-refractivity contribution in [2.75, 3.05) is 55.7 Å². The number of para-hydroxylation sites is 2. The fourth-order valence-corrected chi connectivity index (χ4v) is 8.35. The Balaban J connectivity index is 1.58. The number of carboxylic acids is 1. The number of anilines is 2. The summed E-state index contributed by atoms with van der Waals surface area (Å²) in [6.07, 6.45) is 17.2. The molecule has 53 heavy (non-hydrogen) atoms. The van der Waals surface area contributed by atoms with Gasteiger partial charge in [0.15, 0.2) is 6.54 Å². The quantitative estimate of drug-likeness (QED) is 0.0436. The Morgan fingerprint density at radius 3 is 1.74 bits per heavy atom. The zero-order chi connectivity index (χ0) is 38.5. The summed E-state index contributed by atoms with van der Waals surface area (Å²) in [5, 5.41) is 15.7. The van der Waals surface area contributed by atoms with E-state index < -0.39 is 5.97 Å². The lowest BCUT2D eigenvalue weighted by Crippen LogP contribution is -2.54. The molecule has 0 bridgehead atoms. The highest BCUT2D eigenvalue weighted by Gasteiger charge is 2.31. The van der Waals surface area contributed by atoms with Gasteiger partial charge in [-0.15, -0.1) is 0 Å². The van der Waals surface area contributed by atoms with Crippen molar-refractivity contribution in [3.8, 4) is 0 Å². The number of carboxylic acid groups (broad SMARTS) is 1. The standard InChI is InChI=1S/C44H70N4O4S/c1-35-22-20-23-36(2)42(35)45-40(49)34-48(31-17-9-6-10-19-33-53,32-18-11-12-27-41(50)51)30-16-8-5-7-14-28-47-29-15-13-26-39(47)44(52)46-43-37(3)24-21-25-38(43)4/h20-25,39H,5-19,26-34H2,1-4H3,(H3-,45,46,49,50,51,52,53)/p+1. The molecule has 8 nitrogen and oxygen atoms in total. The van der Waals surface area contributed by atoms with Crippen LogP contribution in [0.15, 0.2) is 36.4 Å².